The molecule has 0 heterocycles. The maximum atomic E-state index is 12.2. The van der Waals surface area contributed by atoms with Crippen molar-refractivity contribution < 1.29 is 13.2 Å². The molecular formula is C18H28N2O3S. The Balaban J connectivity index is 1.99. The maximum Gasteiger partial charge on any atom is 0.232 e. The van der Waals surface area contributed by atoms with Gasteiger partial charge in [0.05, 0.1) is 18.5 Å². The fourth-order valence-corrected chi connectivity index (χ4v) is 4.08. The Bertz CT molecular complexity index is 680. The number of anilines is 1. The fraction of sp³-hybridized carbons (Fsp3) is 0.611. The van der Waals surface area contributed by atoms with E-state index in [1.54, 1.807) is 0 Å². The van der Waals surface area contributed by atoms with Gasteiger partial charge in [-0.25, -0.2) is 8.42 Å². The van der Waals surface area contributed by atoms with Gasteiger partial charge in [-0.1, -0.05) is 25.3 Å². The molecule has 0 aliphatic heterocycles. The summed E-state index contributed by atoms with van der Waals surface area (Å²) in [6, 6.07) is 5.61. The van der Waals surface area contributed by atoms with Crippen molar-refractivity contribution >= 4 is 21.6 Å². The van der Waals surface area contributed by atoms with E-state index in [0.717, 1.165) is 36.8 Å². The number of hydrogen-bond acceptors (Lipinski definition) is 3. The average molecular weight is 353 g/mol. The van der Waals surface area contributed by atoms with Crippen LogP contribution in [0.4, 0.5) is 5.69 Å². The zero-order valence-corrected chi connectivity index (χ0v) is 15.7. The van der Waals surface area contributed by atoms with Crippen LogP contribution in [0.1, 0.15) is 43.2 Å². The molecule has 134 valence electrons. The fourth-order valence-electron chi connectivity index (χ4n) is 3.16. The van der Waals surface area contributed by atoms with Crippen molar-refractivity contribution in [3.05, 3.63) is 29.3 Å². The number of amides is 1. The standard InChI is InChI=1S/C18H28N2O3S/c1-14-9-10-17(13-15(14)2)20(24(3,22)23)12-11-19-18(21)16-7-5-4-6-8-16/h9-10,13,16H,4-8,11-12H2,1-3H3,(H,19,21). The minimum atomic E-state index is -3.39. The predicted octanol–water partition coefficient (Wildman–Crippen LogP) is 2.77. The highest BCUT2D eigenvalue weighted by Gasteiger charge is 2.22. The minimum absolute atomic E-state index is 0.0586. The Labute approximate surface area is 145 Å². The van der Waals surface area contributed by atoms with Crippen LogP contribution in [0.15, 0.2) is 18.2 Å². The summed E-state index contributed by atoms with van der Waals surface area (Å²) >= 11 is 0. The average Bonchev–Trinajstić information content (AvgIpc) is 2.54. The molecular weight excluding hydrogens is 324 g/mol. The van der Waals surface area contributed by atoms with Gasteiger partial charge in [-0.3, -0.25) is 9.10 Å². The number of benzene rings is 1. The summed E-state index contributed by atoms with van der Waals surface area (Å²) in [5.41, 5.74) is 2.82. The van der Waals surface area contributed by atoms with Crippen molar-refractivity contribution in [1.29, 1.82) is 0 Å². The Morgan fingerprint density at radius 2 is 1.83 bits per heavy atom. The molecule has 1 amide bonds. The first kappa shape index (κ1) is 18.8. The molecule has 1 aliphatic rings. The van der Waals surface area contributed by atoms with Crippen molar-refractivity contribution in [2.75, 3.05) is 23.7 Å². The Morgan fingerprint density at radius 1 is 1.17 bits per heavy atom. The van der Waals surface area contributed by atoms with Crippen LogP contribution < -0.4 is 9.62 Å². The van der Waals surface area contributed by atoms with Gasteiger partial charge in [0.2, 0.25) is 15.9 Å². The van der Waals surface area contributed by atoms with Gasteiger partial charge in [-0.05, 0) is 49.9 Å². The molecule has 0 atom stereocenters. The molecule has 0 bridgehead atoms. The summed E-state index contributed by atoms with van der Waals surface area (Å²) in [6.45, 7) is 4.54. The first-order valence-electron chi connectivity index (χ1n) is 8.61. The third-order valence-electron chi connectivity index (χ3n) is 4.77. The number of aryl methyl sites for hydroxylation is 2. The number of rotatable bonds is 6. The van der Waals surface area contributed by atoms with E-state index in [4.69, 9.17) is 0 Å². The van der Waals surface area contributed by atoms with E-state index < -0.39 is 10.0 Å². The van der Waals surface area contributed by atoms with Gasteiger partial charge in [0, 0.05) is 12.5 Å². The molecule has 0 radical (unpaired) electrons. The Morgan fingerprint density at radius 3 is 2.42 bits per heavy atom. The minimum Gasteiger partial charge on any atom is -0.354 e. The second-order valence-electron chi connectivity index (χ2n) is 6.73. The van der Waals surface area contributed by atoms with E-state index in [2.05, 4.69) is 5.32 Å². The van der Waals surface area contributed by atoms with Crippen LogP contribution in [0, 0.1) is 19.8 Å². The lowest BCUT2D eigenvalue weighted by molar-refractivity contribution is -0.125. The van der Waals surface area contributed by atoms with E-state index in [-0.39, 0.29) is 18.4 Å². The highest BCUT2D eigenvalue weighted by molar-refractivity contribution is 7.92. The predicted molar refractivity (Wildman–Crippen MR) is 97.7 cm³/mol. The number of nitrogens with one attached hydrogen (secondary N) is 1. The van der Waals surface area contributed by atoms with E-state index >= 15 is 0 Å². The van der Waals surface area contributed by atoms with Gasteiger partial charge in [0.15, 0.2) is 0 Å². The van der Waals surface area contributed by atoms with Gasteiger partial charge in [-0.15, -0.1) is 0 Å². The third kappa shape index (κ3) is 4.97. The molecule has 0 unspecified atom stereocenters. The van der Waals surface area contributed by atoms with E-state index in [9.17, 15) is 13.2 Å². The quantitative estimate of drug-likeness (QED) is 0.856. The van der Waals surface area contributed by atoms with Crippen molar-refractivity contribution in [2.24, 2.45) is 5.92 Å². The molecule has 1 N–H and O–H groups in total. The molecule has 1 aliphatic carbocycles. The number of hydrogen-bond donors (Lipinski definition) is 1. The summed E-state index contributed by atoms with van der Waals surface area (Å²) in [6.07, 6.45) is 6.51. The molecule has 24 heavy (non-hydrogen) atoms. The number of carbonyl (C=O) groups is 1. The first-order chi connectivity index (χ1) is 11.3. The van der Waals surface area contributed by atoms with Crippen LogP contribution in [0.25, 0.3) is 0 Å². The molecule has 5 nitrogen and oxygen atoms in total. The smallest absolute Gasteiger partial charge is 0.232 e. The highest BCUT2D eigenvalue weighted by Crippen LogP contribution is 2.24. The van der Waals surface area contributed by atoms with Crippen molar-refractivity contribution in [2.45, 2.75) is 46.0 Å². The number of carbonyl (C=O) groups excluding carboxylic acids is 1. The van der Waals surface area contributed by atoms with E-state index in [1.165, 1.54) is 17.0 Å². The van der Waals surface area contributed by atoms with Gasteiger partial charge in [0.25, 0.3) is 0 Å². The maximum absolute atomic E-state index is 12.2. The number of sulfonamides is 1. The van der Waals surface area contributed by atoms with Gasteiger partial charge < -0.3 is 5.32 Å². The molecule has 1 saturated carbocycles. The van der Waals surface area contributed by atoms with Gasteiger partial charge >= 0.3 is 0 Å². The first-order valence-corrected chi connectivity index (χ1v) is 10.5. The second kappa shape index (κ2) is 8.01. The van der Waals surface area contributed by atoms with Crippen LogP contribution in [-0.4, -0.2) is 33.7 Å². The van der Waals surface area contributed by atoms with E-state index in [0.29, 0.717) is 12.2 Å². The largest absolute Gasteiger partial charge is 0.354 e. The molecule has 1 aromatic carbocycles. The van der Waals surface area contributed by atoms with Crippen LogP contribution in [0.2, 0.25) is 0 Å². The molecule has 0 saturated heterocycles. The lowest BCUT2D eigenvalue weighted by Crippen LogP contribution is -2.40. The topological polar surface area (TPSA) is 66.5 Å². The van der Waals surface area contributed by atoms with Crippen LogP contribution >= 0.6 is 0 Å². The summed E-state index contributed by atoms with van der Waals surface area (Å²) in [7, 11) is -3.39. The van der Waals surface area contributed by atoms with Crippen molar-refractivity contribution in [3.8, 4) is 0 Å². The molecule has 2 rings (SSSR count). The van der Waals surface area contributed by atoms with E-state index in [1.807, 2.05) is 32.0 Å². The normalized spacial score (nSPS) is 16.0. The molecule has 0 aromatic heterocycles. The van der Waals surface area contributed by atoms with Crippen LogP contribution in [0.5, 0.6) is 0 Å². The lowest BCUT2D eigenvalue weighted by atomic mass is 9.89. The molecule has 1 fully saturated rings. The zero-order chi connectivity index (χ0) is 17.7. The Hall–Kier alpha value is -1.56. The molecule has 1 aromatic rings. The third-order valence-corrected chi connectivity index (χ3v) is 5.96. The summed E-state index contributed by atoms with van der Waals surface area (Å²) < 4.78 is 25.6. The monoisotopic (exact) mass is 352 g/mol. The van der Waals surface area contributed by atoms with Gasteiger partial charge in [0.1, 0.15) is 0 Å². The second-order valence-corrected chi connectivity index (χ2v) is 8.64. The molecule has 0 spiro atoms. The summed E-state index contributed by atoms with van der Waals surface area (Å²) in [4.78, 5) is 12.2. The lowest BCUT2D eigenvalue weighted by Gasteiger charge is -2.25. The summed E-state index contributed by atoms with van der Waals surface area (Å²) in [5, 5.41) is 2.91. The Kier molecular flexibility index (Phi) is 6.27. The van der Waals surface area contributed by atoms with Crippen molar-refractivity contribution in [1.82, 2.24) is 5.32 Å². The molecule has 6 heteroatoms. The zero-order valence-electron chi connectivity index (χ0n) is 14.8. The van der Waals surface area contributed by atoms with Crippen LogP contribution in [0.3, 0.4) is 0 Å². The van der Waals surface area contributed by atoms with Crippen molar-refractivity contribution in [3.63, 3.8) is 0 Å². The SMILES string of the molecule is Cc1ccc(N(CCNC(=O)C2CCCCC2)S(C)(=O)=O)cc1C. The summed E-state index contributed by atoms with van der Waals surface area (Å²) in [5.74, 6) is 0.148. The number of nitrogens with zero attached hydrogens (tertiary/aromatic N) is 1. The van der Waals surface area contributed by atoms with Crippen LogP contribution in [-0.2, 0) is 14.8 Å². The van der Waals surface area contributed by atoms with Gasteiger partial charge in [-0.2, -0.15) is 0 Å². The highest BCUT2D eigenvalue weighted by atomic mass is 32.2.